The molecule has 1 aromatic heterocycles. The van der Waals surface area contributed by atoms with Crippen molar-refractivity contribution in [3.8, 4) is 0 Å². The zero-order chi connectivity index (χ0) is 18.0. The Balaban J connectivity index is 0.00000243. The maximum Gasteiger partial charge on any atom is 0.262 e. The molecule has 3 rings (SSSR count). The van der Waals surface area contributed by atoms with Gasteiger partial charge in [-0.05, 0) is 45.1 Å². The van der Waals surface area contributed by atoms with Gasteiger partial charge >= 0.3 is 0 Å². The van der Waals surface area contributed by atoms with E-state index < -0.39 is 10.0 Å². The molecule has 0 aliphatic carbocycles. The Morgan fingerprint density at radius 3 is 2.77 bits per heavy atom. The summed E-state index contributed by atoms with van der Waals surface area (Å²) >= 11 is 0. The number of rotatable bonds is 5. The summed E-state index contributed by atoms with van der Waals surface area (Å²) in [5, 5.41) is 6.26. The van der Waals surface area contributed by atoms with Gasteiger partial charge < -0.3 is 15.2 Å². The summed E-state index contributed by atoms with van der Waals surface area (Å²) in [6.07, 6.45) is 5.17. The van der Waals surface area contributed by atoms with Gasteiger partial charge in [-0.3, -0.25) is 4.79 Å². The minimum absolute atomic E-state index is 0. The fourth-order valence-electron chi connectivity index (χ4n) is 3.47. The summed E-state index contributed by atoms with van der Waals surface area (Å²) in [4.78, 5) is 16.3. The lowest BCUT2D eigenvalue weighted by molar-refractivity contribution is -0.123. The molecule has 3 heterocycles. The number of nitrogens with zero attached hydrogens (tertiary/aromatic N) is 3. The predicted octanol–water partition coefficient (Wildman–Crippen LogP) is 0.419. The van der Waals surface area contributed by atoms with Crippen LogP contribution in [0, 0.1) is 12.8 Å². The third-order valence-corrected chi connectivity index (χ3v) is 6.85. The molecular formula is C16H28ClN5O3S. The second-order valence-corrected chi connectivity index (χ2v) is 8.89. The van der Waals surface area contributed by atoms with Gasteiger partial charge in [0.15, 0.2) is 5.03 Å². The normalized spacial score (nSPS) is 24.2. The highest BCUT2D eigenvalue weighted by Gasteiger charge is 2.32. The van der Waals surface area contributed by atoms with Crippen molar-refractivity contribution in [1.82, 2.24) is 24.5 Å². The first-order valence-electron chi connectivity index (χ1n) is 8.89. The number of hydrogen-bond donors (Lipinski definition) is 2. The smallest absolute Gasteiger partial charge is 0.262 e. The Labute approximate surface area is 161 Å². The van der Waals surface area contributed by atoms with E-state index in [0.29, 0.717) is 25.5 Å². The molecule has 2 unspecified atom stereocenters. The molecule has 0 spiro atoms. The van der Waals surface area contributed by atoms with Crippen molar-refractivity contribution in [3.05, 3.63) is 12.0 Å². The zero-order valence-electron chi connectivity index (χ0n) is 15.3. The standard InChI is InChI=1S/C16H27N5O3S.ClH/c1-12-19-15(11-20(12)2)25(23,24)21-8-4-5-13(10-21)9-18-16(22)14-6-3-7-17-14;/h11,13-14,17H,3-10H2,1-2H3,(H,18,22);1H. The lowest BCUT2D eigenvalue weighted by Gasteiger charge is -2.31. The van der Waals surface area contributed by atoms with Crippen LogP contribution in [0.25, 0.3) is 0 Å². The first kappa shape index (κ1) is 21.1. The molecule has 0 aromatic carbocycles. The quantitative estimate of drug-likeness (QED) is 0.740. The van der Waals surface area contributed by atoms with Crippen LogP contribution in [-0.2, 0) is 21.9 Å². The van der Waals surface area contributed by atoms with Crippen LogP contribution in [0.5, 0.6) is 0 Å². The molecule has 148 valence electrons. The lowest BCUT2D eigenvalue weighted by atomic mass is 9.99. The Hall–Kier alpha value is -1.16. The van der Waals surface area contributed by atoms with Crippen molar-refractivity contribution in [2.75, 3.05) is 26.2 Å². The third kappa shape index (κ3) is 4.57. The number of nitrogens with one attached hydrogen (secondary N) is 2. The molecule has 2 aliphatic heterocycles. The van der Waals surface area contributed by atoms with Gasteiger partial charge in [0.05, 0.1) is 6.04 Å². The van der Waals surface area contributed by atoms with Crippen molar-refractivity contribution in [2.24, 2.45) is 13.0 Å². The molecule has 26 heavy (non-hydrogen) atoms. The molecule has 0 saturated carbocycles. The van der Waals surface area contributed by atoms with Crippen molar-refractivity contribution in [3.63, 3.8) is 0 Å². The summed E-state index contributed by atoms with van der Waals surface area (Å²) in [5.74, 6) is 0.833. The van der Waals surface area contributed by atoms with E-state index in [9.17, 15) is 13.2 Å². The monoisotopic (exact) mass is 405 g/mol. The second-order valence-electron chi connectivity index (χ2n) is 7.00. The Morgan fingerprint density at radius 1 is 1.38 bits per heavy atom. The number of carbonyl (C=O) groups is 1. The number of halogens is 1. The van der Waals surface area contributed by atoms with Crippen molar-refractivity contribution in [2.45, 2.75) is 43.7 Å². The maximum absolute atomic E-state index is 12.8. The van der Waals surface area contributed by atoms with Gasteiger partial charge in [0.2, 0.25) is 5.91 Å². The molecule has 1 aromatic rings. The first-order chi connectivity index (χ1) is 11.9. The molecule has 1 amide bonds. The van der Waals surface area contributed by atoms with E-state index in [1.54, 1.807) is 24.7 Å². The van der Waals surface area contributed by atoms with Gasteiger partial charge in [-0.2, -0.15) is 4.31 Å². The van der Waals surface area contributed by atoms with Crippen LogP contribution in [0.15, 0.2) is 11.2 Å². The average Bonchev–Trinajstić information content (AvgIpc) is 3.24. The zero-order valence-corrected chi connectivity index (χ0v) is 16.9. The largest absolute Gasteiger partial charge is 0.354 e. The highest BCUT2D eigenvalue weighted by atomic mass is 35.5. The van der Waals surface area contributed by atoms with E-state index in [0.717, 1.165) is 32.2 Å². The molecule has 0 radical (unpaired) electrons. The van der Waals surface area contributed by atoms with E-state index in [1.807, 2.05) is 0 Å². The molecule has 2 atom stereocenters. The molecule has 0 bridgehead atoms. The van der Waals surface area contributed by atoms with E-state index in [4.69, 9.17) is 0 Å². The van der Waals surface area contributed by atoms with Gasteiger partial charge in [-0.25, -0.2) is 13.4 Å². The highest BCUT2D eigenvalue weighted by Crippen LogP contribution is 2.23. The molecule has 2 fully saturated rings. The Morgan fingerprint density at radius 2 is 2.15 bits per heavy atom. The number of aryl methyl sites for hydroxylation is 2. The SMILES string of the molecule is Cc1nc(S(=O)(=O)N2CCCC(CNC(=O)C3CCCN3)C2)cn1C.Cl. The van der Waals surface area contributed by atoms with Crippen LogP contribution in [0.4, 0.5) is 0 Å². The van der Waals surface area contributed by atoms with E-state index >= 15 is 0 Å². The van der Waals surface area contributed by atoms with Gasteiger partial charge in [0.1, 0.15) is 5.82 Å². The van der Waals surface area contributed by atoms with E-state index in [1.165, 1.54) is 4.31 Å². The molecule has 2 N–H and O–H groups in total. The average molecular weight is 406 g/mol. The number of imidazole rings is 1. The molecule has 2 aliphatic rings. The van der Waals surface area contributed by atoms with Crippen LogP contribution in [-0.4, -0.2) is 60.4 Å². The van der Waals surface area contributed by atoms with Crippen molar-refractivity contribution in [1.29, 1.82) is 0 Å². The fraction of sp³-hybridized carbons (Fsp3) is 0.750. The summed E-state index contributed by atoms with van der Waals surface area (Å²) < 4.78 is 28.8. The Bertz CT molecular complexity index is 711. The summed E-state index contributed by atoms with van der Waals surface area (Å²) in [5.41, 5.74) is 0. The fourth-order valence-corrected chi connectivity index (χ4v) is 5.05. The van der Waals surface area contributed by atoms with Crippen molar-refractivity contribution < 1.29 is 13.2 Å². The van der Waals surface area contributed by atoms with Gasteiger partial charge in [-0.15, -0.1) is 12.4 Å². The maximum atomic E-state index is 12.8. The number of carbonyl (C=O) groups excluding carboxylic acids is 1. The molecule has 10 heteroatoms. The highest BCUT2D eigenvalue weighted by molar-refractivity contribution is 7.89. The van der Waals surface area contributed by atoms with Crippen LogP contribution >= 0.6 is 12.4 Å². The first-order valence-corrected chi connectivity index (χ1v) is 10.3. The van der Waals surface area contributed by atoms with Gasteiger partial charge in [-0.1, -0.05) is 0 Å². The van der Waals surface area contributed by atoms with Crippen molar-refractivity contribution >= 4 is 28.3 Å². The summed E-state index contributed by atoms with van der Waals surface area (Å²) in [7, 11) is -1.79. The van der Waals surface area contributed by atoms with E-state index in [2.05, 4.69) is 15.6 Å². The Kier molecular flexibility index (Phi) is 7.06. The lowest BCUT2D eigenvalue weighted by Crippen LogP contribution is -2.46. The molecule has 2 saturated heterocycles. The molecular weight excluding hydrogens is 378 g/mol. The second kappa shape index (κ2) is 8.69. The summed E-state index contributed by atoms with van der Waals surface area (Å²) in [6, 6.07) is -0.0973. The van der Waals surface area contributed by atoms with Gasteiger partial charge in [0, 0.05) is 32.9 Å². The van der Waals surface area contributed by atoms with E-state index in [-0.39, 0.29) is 35.3 Å². The number of sulfonamides is 1. The van der Waals surface area contributed by atoms with Crippen LogP contribution < -0.4 is 10.6 Å². The number of amides is 1. The third-order valence-electron chi connectivity index (χ3n) is 5.11. The van der Waals surface area contributed by atoms with Crippen LogP contribution in [0.2, 0.25) is 0 Å². The van der Waals surface area contributed by atoms with Crippen LogP contribution in [0.3, 0.4) is 0 Å². The van der Waals surface area contributed by atoms with Crippen LogP contribution in [0.1, 0.15) is 31.5 Å². The number of hydrogen-bond acceptors (Lipinski definition) is 5. The van der Waals surface area contributed by atoms with Gasteiger partial charge in [0.25, 0.3) is 10.0 Å². The topological polar surface area (TPSA) is 96.3 Å². The number of piperidine rings is 1. The molecule has 8 nitrogen and oxygen atoms in total. The minimum atomic E-state index is -3.57. The number of aromatic nitrogens is 2. The predicted molar refractivity (Wildman–Crippen MR) is 101 cm³/mol. The minimum Gasteiger partial charge on any atom is -0.354 e. The summed E-state index contributed by atoms with van der Waals surface area (Å²) in [6.45, 7) is 4.12.